The van der Waals surface area contributed by atoms with Crippen molar-refractivity contribution in [3.8, 4) is 0 Å². The molecule has 0 spiro atoms. The van der Waals surface area contributed by atoms with Gasteiger partial charge in [0.2, 0.25) is 5.91 Å². The Balaban J connectivity index is 1.27. The van der Waals surface area contributed by atoms with Gasteiger partial charge in [-0.25, -0.2) is 4.39 Å². The summed E-state index contributed by atoms with van der Waals surface area (Å²) in [7, 11) is 0. The lowest BCUT2D eigenvalue weighted by molar-refractivity contribution is -0.134. The van der Waals surface area contributed by atoms with Crippen LogP contribution < -0.4 is 0 Å². The molecule has 0 N–H and O–H groups in total. The van der Waals surface area contributed by atoms with Gasteiger partial charge >= 0.3 is 0 Å². The third-order valence-corrected chi connectivity index (χ3v) is 5.34. The third-order valence-electron chi connectivity index (χ3n) is 5.34. The Morgan fingerprint density at radius 1 is 0.960 bits per heavy atom. The van der Waals surface area contributed by atoms with Gasteiger partial charge in [-0.05, 0) is 35.6 Å². The molecule has 4 rings (SSSR count). The number of rotatable bonds is 4. The summed E-state index contributed by atoms with van der Waals surface area (Å²) in [4.78, 5) is 17.1. The van der Waals surface area contributed by atoms with Gasteiger partial charge in [0.25, 0.3) is 0 Å². The minimum Gasteiger partial charge on any atom is -0.340 e. The maximum absolute atomic E-state index is 13.0. The predicted molar refractivity (Wildman–Crippen MR) is 95.5 cm³/mol. The van der Waals surface area contributed by atoms with E-state index in [4.69, 9.17) is 0 Å². The van der Waals surface area contributed by atoms with E-state index in [0.29, 0.717) is 11.8 Å². The molecule has 2 atom stereocenters. The Morgan fingerprint density at radius 3 is 2.32 bits per heavy atom. The fraction of sp³-hybridized carbons (Fsp3) is 0.381. The maximum atomic E-state index is 13.0. The molecular formula is C21H23FN2O. The molecular weight excluding hydrogens is 315 g/mol. The Kier molecular flexibility index (Phi) is 4.53. The number of hydrogen-bond acceptors (Lipinski definition) is 2. The van der Waals surface area contributed by atoms with Crippen molar-refractivity contribution in [3.63, 3.8) is 0 Å². The molecule has 0 radical (unpaired) electrons. The molecule has 1 aliphatic heterocycles. The largest absolute Gasteiger partial charge is 0.340 e. The van der Waals surface area contributed by atoms with Crippen molar-refractivity contribution in [1.29, 1.82) is 0 Å². The number of amides is 1. The van der Waals surface area contributed by atoms with Crippen molar-refractivity contribution in [2.24, 2.45) is 5.92 Å². The zero-order valence-corrected chi connectivity index (χ0v) is 14.3. The Labute approximate surface area is 148 Å². The molecule has 1 saturated carbocycles. The molecule has 1 aliphatic carbocycles. The van der Waals surface area contributed by atoms with Gasteiger partial charge < -0.3 is 4.90 Å². The van der Waals surface area contributed by atoms with Crippen molar-refractivity contribution in [3.05, 3.63) is 71.5 Å². The third kappa shape index (κ3) is 3.74. The number of nitrogens with zero attached hydrogens (tertiary/aromatic N) is 2. The monoisotopic (exact) mass is 338 g/mol. The summed E-state index contributed by atoms with van der Waals surface area (Å²) in [6.07, 6.45) is 0.985. The van der Waals surface area contributed by atoms with Crippen molar-refractivity contribution in [2.75, 3.05) is 26.2 Å². The van der Waals surface area contributed by atoms with Crippen LogP contribution >= 0.6 is 0 Å². The molecule has 2 aromatic carbocycles. The van der Waals surface area contributed by atoms with Crippen molar-refractivity contribution in [1.82, 2.24) is 9.80 Å². The van der Waals surface area contributed by atoms with Crippen LogP contribution in [0.4, 0.5) is 4.39 Å². The molecule has 3 nitrogen and oxygen atoms in total. The number of hydrogen-bond donors (Lipinski definition) is 0. The first-order valence-corrected chi connectivity index (χ1v) is 9.01. The molecule has 130 valence electrons. The van der Waals surface area contributed by atoms with Crippen LogP contribution in [0.2, 0.25) is 0 Å². The van der Waals surface area contributed by atoms with E-state index >= 15 is 0 Å². The minimum absolute atomic E-state index is 0.172. The Hall–Kier alpha value is -2.20. The van der Waals surface area contributed by atoms with Crippen LogP contribution in [0, 0.1) is 11.7 Å². The second kappa shape index (κ2) is 6.96. The zero-order valence-electron chi connectivity index (χ0n) is 14.3. The summed E-state index contributed by atoms with van der Waals surface area (Å²) in [5, 5.41) is 0. The first-order valence-electron chi connectivity index (χ1n) is 9.01. The Bertz CT molecular complexity index is 723. The summed E-state index contributed by atoms with van der Waals surface area (Å²) >= 11 is 0. The van der Waals surface area contributed by atoms with Crippen molar-refractivity contribution in [2.45, 2.75) is 18.9 Å². The number of carbonyl (C=O) groups is 1. The average molecular weight is 338 g/mol. The van der Waals surface area contributed by atoms with Crippen LogP contribution in [0.3, 0.4) is 0 Å². The van der Waals surface area contributed by atoms with Gasteiger partial charge in [0.05, 0.1) is 0 Å². The lowest BCUT2D eigenvalue weighted by Crippen LogP contribution is -2.48. The minimum atomic E-state index is -0.198. The van der Waals surface area contributed by atoms with Gasteiger partial charge in [0.15, 0.2) is 0 Å². The van der Waals surface area contributed by atoms with E-state index in [1.165, 1.54) is 17.7 Å². The topological polar surface area (TPSA) is 23.6 Å². The standard InChI is InChI=1S/C21H23FN2O/c22-18-8-6-16(7-9-18)15-23-10-12-24(13-11-23)21(25)20-14-19(20)17-4-2-1-3-5-17/h1-9,19-20H,10-15H2. The molecule has 0 aromatic heterocycles. The molecule has 2 aromatic rings. The van der Waals surface area contributed by atoms with Gasteiger partial charge in [-0.15, -0.1) is 0 Å². The highest BCUT2D eigenvalue weighted by Gasteiger charge is 2.45. The van der Waals surface area contributed by atoms with E-state index in [2.05, 4.69) is 17.0 Å². The lowest BCUT2D eigenvalue weighted by Gasteiger charge is -2.35. The highest BCUT2D eigenvalue weighted by molar-refractivity contribution is 5.83. The molecule has 1 heterocycles. The van der Waals surface area contributed by atoms with Crippen molar-refractivity contribution < 1.29 is 9.18 Å². The summed E-state index contributed by atoms with van der Waals surface area (Å²) in [6, 6.07) is 17.0. The molecule has 1 saturated heterocycles. The van der Waals surface area contributed by atoms with Crippen molar-refractivity contribution >= 4 is 5.91 Å². The van der Waals surface area contributed by atoms with Gasteiger partial charge in [-0.2, -0.15) is 0 Å². The van der Waals surface area contributed by atoms with E-state index in [9.17, 15) is 9.18 Å². The lowest BCUT2D eigenvalue weighted by atomic mass is 10.1. The van der Waals surface area contributed by atoms with Gasteiger partial charge in [-0.1, -0.05) is 42.5 Å². The van der Waals surface area contributed by atoms with E-state index in [1.54, 1.807) is 0 Å². The first-order chi connectivity index (χ1) is 12.2. The van der Waals surface area contributed by atoms with Crippen LogP contribution in [-0.2, 0) is 11.3 Å². The number of piperazine rings is 1. The fourth-order valence-corrected chi connectivity index (χ4v) is 3.75. The van der Waals surface area contributed by atoms with E-state index < -0.39 is 0 Å². The van der Waals surface area contributed by atoms with E-state index in [0.717, 1.165) is 44.7 Å². The number of carbonyl (C=O) groups excluding carboxylic acids is 1. The highest BCUT2D eigenvalue weighted by atomic mass is 19.1. The highest BCUT2D eigenvalue weighted by Crippen LogP contribution is 2.48. The number of halogens is 1. The molecule has 2 unspecified atom stereocenters. The Morgan fingerprint density at radius 2 is 1.64 bits per heavy atom. The van der Waals surface area contributed by atoms with Gasteiger partial charge in [-0.3, -0.25) is 9.69 Å². The van der Waals surface area contributed by atoms with E-state index in [1.807, 2.05) is 35.2 Å². The maximum Gasteiger partial charge on any atom is 0.226 e. The summed E-state index contributed by atoms with van der Waals surface area (Å²) < 4.78 is 13.0. The summed E-state index contributed by atoms with van der Waals surface area (Å²) in [5.74, 6) is 0.698. The first kappa shape index (κ1) is 16.3. The fourth-order valence-electron chi connectivity index (χ4n) is 3.75. The second-order valence-electron chi connectivity index (χ2n) is 7.09. The van der Waals surface area contributed by atoms with Crippen LogP contribution in [0.5, 0.6) is 0 Å². The molecule has 2 aliphatic rings. The zero-order chi connectivity index (χ0) is 17.2. The van der Waals surface area contributed by atoms with Gasteiger partial charge in [0, 0.05) is 38.6 Å². The van der Waals surface area contributed by atoms with Gasteiger partial charge in [0.1, 0.15) is 5.82 Å². The normalized spacial score (nSPS) is 23.5. The molecule has 25 heavy (non-hydrogen) atoms. The van der Waals surface area contributed by atoms with Crippen LogP contribution in [0.25, 0.3) is 0 Å². The predicted octanol–water partition coefficient (Wildman–Crippen LogP) is 3.27. The van der Waals surface area contributed by atoms with Crippen LogP contribution in [-0.4, -0.2) is 41.9 Å². The SMILES string of the molecule is O=C(C1CC1c1ccccc1)N1CCN(Cc2ccc(F)cc2)CC1. The molecule has 4 heteroatoms. The summed E-state index contributed by atoms with van der Waals surface area (Å²) in [5.41, 5.74) is 2.41. The molecule has 2 fully saturated rings. The number of benzene rings is 2. The quantitative estimate of drug-likeness (QED) is 0.854. The summed E-state index contributed by atoms with van der Waals surface area (Å²) in [6.45, 7) is 4.16. The van der Waals surface area contributed by atoms with Crippen LogP contribution in [0.15, 0.2) is 54.6 Å². The second-order valence-corrected chi connectivity index (χ2v) is 7.09. The molecule has 0 bridgehead atoms. The smallest absolute Gasteiger partial charge is 0.226 e. The van der Waals surface area contributed by atoms with Crippen LogP contribution in [0.1, 0.15) is 23.5 Å². The van der Waals surface area contributed by atoms with E-state index in [-0.39, 0.29) is 11.7 Å². The molecule has 1 amide bonds. The average Bonchev–Trinajstić information content (AvgIpc) is 3.45.